The van der Waals surface area contributed by atoms with Crippen LogP contribution in [-0.2, 0) is 9.53 Å². The van der Waals surface area contributed by atoms with Crippen LogP contribution in [0.3, 0.4) is 0 Å². The van der Waals surface area contributed by atoms with Crippen LogP contribution in [0.25, 0.3) is 0 Å². The van der Waals surface area contributed by atoms with E-state index in [2.05, 4.69) is 10.2 Å². The second-order valence-corrected chi connectivity index (χ2v) is 2.69. The summed E-state index contributed by atoms with van der Waals surface area (Å²) in [5, 5.41) is 3.25. The zero-order chi connectivity index (χ0) is 8.65. The summed E-state index contributed by atoms with van der Waals surface area (Å²) in [5.74, 6) is 1.67. The summed E-state index contributed by atoms with van der Waals surface area (Å²) < 4.78 is 5.19. The zero-order valence-electron chi connectivity index (χ0n) is 7.08. The molecule has 0 spiro atoms. The highest BCUT2D eigenvalue weighted by Crippen LogP contribution is 1.91. The molecule has 0 aromatic heterocycles. The van der Waals surface area contributed by atoms with Crippen LogP contribution in [0.15, 0.2) is 6.08 Å². The third kappa shape index (κ3) is 3.64. The van der Waals surface area contributed by atoms with Crippen molar-refractivity contribution in [3.63, 3.8) is 0 Å². The van der Waals surface area contributed by atoms with E-state index in [1.807, 2.05) is 0 Å². The molecule has 4 heteroatoms. The summed E-state index contributed by atoms with van der Waals surface area (Å²) in [5.41, 5.74) is 0. The molecule has 0 aromatic rings. The Morgan fingerprint density at radius 1 is 1.50 bits per heavy atom. The van der Waals surface area contributed by atoms with Gasteiger partial charge in [-0.3, -0.25) is 4.90 Å². The Balaban J connectivity index is 2.01. The van der Waals surface area contributed by atoms with Crippen LogP contribution in [0, 0.1) is 0 Å². The molecule has 4 nitrogen and oxygen atoms in total. The molecule has 1 heterocycles. The monoisotopic (exact) mass is 170 g/mol. The van der Waals surface area contributed by atoms with Gasteiger partial charge >= 0.3 is 0 Å². The van der Waals surface area contributed by atoms with Crippen molar-refractivity contribution in [3.05, 3.63) is 6.08 Å². The Morgan fingerprint density at radius 2 is 2.25 bits per heavy atom. The van der Waals surface area contributed by atoms with E-state index in [9.17, 15) is 4.79 Å². The van der Waals surface area contributed by atoms with E-state index >= 15 is 0 Å². The lowest BCUT2D eigenvalue weighted by molar-refractivity contribution is 0.0371. The summed E-state index contributed by atoms with van der Waals surface area (Å²) in [6, 6.07) is 0. The van der Waals surface area contributed by atoms with Gasteiger partial charge in [-0.05, 0) is 0 Å². The van der Waals surface area contributed by atoms with Gasteiger partial charge in [0.2, 0.25) is 0 Å². The van der Waals surface area contributed by atoms with Gasteiger partial charge < -0.3 is 10.1 Å². The van der Waals surface area contributed by atoms with E-state index in [4.69, 9.17) is 4.74 Å². The number of rotatable bonds is 4. The van der Waals surface area contributed by atoms with E-state index < -0.39 is 0 Å². The van der Waals surface area contributed by atoms with Crippen molar-refractivity contribution in [2.75, 3.05) is 39.5 Å². The fraction of sp³-hybridized carbons (Fsp3) is 0.750. The van der Waals surface area contributed by atoms with Crippen molar-refractivity contribution >= 4 is 5.94 Å². The lowest BCUT2D eigenvalue weighted by Gasteiger charge is -2.26. The number of piperazine rings is 1. The van der Waals surface area contributed by atoms with Gasteiger partial charge in [-0.25, -0.2) is 4.79 Å². The van der Waals surface area contributed by atoms with Crippen molar-refractivity contribution < 1.29 is 9.53 Å². The first-order valence-electron chi connectivity index (χ1n) is 4.13. The minimum atomic E-state index is 0.368. The molecule has 0 aliphatic carbocycles. The summed E-state index contributed by atoms with van der Waals surface area (Å²) in [7, 11) is 0. The number of nitrogens with one attached hydrogen (secondary N) is 1. The minimum absolute atomic E-state index is 0.368. The maximum atomic E-state index is 9.77. The maximum absolute atomic E-state index is 9.77. The summed E-state index contributed by atoms with van der Waals surface area (Å²) in [4.78, 5) is 12.0. The molecule has 0 radical (unpaired) electrons. The lowest BCUT2D eigenvalue weighted by atomic mass is 10.4. The van der Waals surface area contributed by atoms with E-state index in [0.717, 1.165) is 26.2 Å². The smallest absolute Gasteiger partial charge is 0.122 e. The van der Waals surface area contributed by atoms with Gasteiger partial charge in [0.1, 0.15) is 5.94 Å². The predicted molar refractivity (Wildman–Crippen MR) is 45.5 cm³/mol. The Hall–Kier alpha value is -0.670. The van der Waals surface area contributed by atoms with Gasteiger partial charge in [0, 0.05) is 32.3 Å². The fourth-order valence-corrected chi connectivity index (χ4v) is 1.11. The van der Waals surface area contributed by atoms with Crippen LogP contribution in [0.1, 0.15) is 0 Å². The van der Waals surface area contributed by atoms with Gasteiger partial charge in [0.15, 0.2) is 0 Å². The first kappa shape index (κ1) is 9.42. The number of ether oxygens (including phenoxy) is 1. The minimum Gasteiger partial charge on any atom is -0.361 e. The van der Waals surface area contributed by atoms with Gasteiger partial charge in [0.05, 0.1) is 13.3 Å². The van der Waals surface area contributed by atoms with Gasteiger partial charge in [-0.1, -0.05) is 0 Å². The van der Waals surface area contributed by atoms with Crippen molar-refractivity contribution in [1.82, 2.24) is 10.2 Å². The van der Waals surface area contributed by atoms with Crippen LogP contribution in [0.2, 0.25) is 0 Å². The molecular formula is C8H14N2O2. The molecule has 1 saturated heterocycles. The van der Waals surface area contributed by atoms with Crippen LogP contribution >= 0.6 is 0 Å². The molecule has 1 rings (SSSR count). The zero-order valence-corrected chi connectivity index (χ0v) is 7.08. The molecule has 1 aliphatic heterocycles. The molecule has 68 valence electrons. The van der Waals surface area contributed by atoms with Crippen molar-refractivity contribution in [2.45, 2.75) is 0 Å². The number of hydrogen-bond donors (Lipinski definition) is 1. The van der Waals surface area contributed by atoms with Crippen molar-refractivity contribution in [1.29, 1.82) is 0 Å². The number of carbonyl (C=O) groups excluding carboxylic acids is 1. The van der Waals surface area contributed by atoms with Crippen LogP contribution < -0.4 is 5.32 Å². The molecule has 1 fully saturated rings. The van der Waals surface area contributed by atoms with Gasteiger partial charge in [-0.2, -0.15) is 0 Å². The molecule has 12 heavy (non-hydrogen) atoms. The average molecular weight is 170 g/mol. The molecular weight excluding hydrogens is 156 g/mol. The number of nitrogens with zero attached hydrogens (tertiary/aromatic N) is 1. The molecule has 0 unspecified atom stereocenters. The third-order valence-electron chi connectivity index (χ3n) is 1.77. The highest BCUT2D eigenvalue weighted by atomic mass is 16.5. The van der Waals surface area contributed by atoms with E-state index in [0.29, 0.717) is 13.3 Å². The van der Waals surface area contributed by atoms with E-state index in [-0.39, 0.29) is 0 Å². The molecule has 1 N–H and O–H groups in total. The fourth-order valence-electron chi connectivity index (χ4n) is 1.11. The Labute approximate surface area is 72.2 Å². The summed E-state index contributed by atoms with van der Waals surface area (Å²) in [6.45, 7) is 5.06. The largest absolute Gasteiger partial charge is 0.361 e. The van der Waals surface area contributed by atoms with Gasteiger partial charge in [-0.15, -0.1) is 0 Å². The third-order valence-corrected chi connectivity index (χ3v) is 1.77. The first-order valence-corrected chi connectivity index (χ1v) is 4.13. The van der Waals surface area contributed by atoms with Crippen LogP contribution in [0.5, 0.6) is 0 Å². The average Bonchev–Trinajstić information content (AvgIpc) is 2.14. The summed E-state index contributed by atoms with van der Waals surface area (Å²) in [6.07, 6.45) is 1.35. The normalized spacial score (nSPS) is 18.7. The van der Waals surface area contributed by atoms with Crippen LogP contribution in [0.4, 0.5) is 0 Å². The lowest BCUT2D eigenvalue weighted by Crippen LogP contribution is -2.44. The van der Waals surface area contributed by atoms with Crippen LogP contribution in [-0.4, -0.2) is 50.4 Å². The quantitative estimate of drug-likeness (QED) is 0.445. The maximum Gasteiger partial charge on any atom is 0.122 e. The Bertz CT molecular complexity index is 160. The molecule has 0 amide bonds. The Kier molecular flexibility index (Phi) is 4.64. The van der Waals surface area contributed by atoms with Crippen molar-refractivity contribution in [3.8, 4) is 0 Å². The topological polar surface area (TPSA) is 41.6 Å². The molecule has 0 atom stereocenters. The second kappa shape index (κ2) is 5.91. The van der Waals surface area contributed by atoms with Crippen molar-refractivity contribution in [2.24, 2.45) is 0 Å². The molecule has 0 aromatic carbocycles. The molecule has 0 bridgehead atoms. The SMILES string of the molecule is O=C=CCOCN1CCNCC1. The van der Waals surface area contributed by atoms with E-state index in [1.165, 1.54) is 6.08 Å². The highest BCUT2D eigenvalue weighted by Gasteiger charge is 2.07. The molecule has 1 aliphatic rings. The second-order valence-electron chi connectivity index (χ2n) is 2.69. The molecule has 0 saturated carbocycles. The standard InChI is InChI=1S/C8H14N2O2/c11-6-1-7-12-8-10-4-2-9-3-5-10/h1,9H,2-5,7-8H2. The summed E-state index contributed by atoms with van der Waals surface area (Å²) >= 11 is 0. The van der Waals surface area contributed by atoms with E-state index in [1.54, 1.807) is 5.94 Å². The van der Waals surface area contributed by atoms with Gasteiger partial charge in [0.25, 0.3) is 0 Å². The first-order chi connectivity index (χ1) is 5.93. The number of hydrogen-bond acceptors (Lipinski definition) is 4. The highest BCUT2D eigenvalue weighted by molar-refractivity contribution is 5.44. The predicted octanol–water partition coefficient (Wildman–Crippen LogP) is -0.746. The Morgan fingerprint density at radius 3 is 2.92 bits per heavy atom.